The molecule has 150 valence electrons. The molecule has 3 saturated heterocycles. The van der Waals surface area contributed by atoms with Crippen molar-refractivity contribution in [1.29, 1.82) is 0 Å². The fraction of sp³-hybridized carbons (Fsp3) is 0.800. The maximum Gasteiger partial charge on any atom is 0.418 e. The standard InChI is InChI=1S/C15H23N5O6S/c1-10-4-6-18(7-5-10)9-13-16-17-14(25-13)12-3-2-11-8-19(12)15(21)20(11)26-27(22,23)24/h10-12H,2-9H2,1H3,(H,22,23,24)/t11-,12+/m1/s1. The second-order valence-corrected chi connectivity index (χ2v) is 8.51. The highest BCUT2D eigenvalue weighted by Crippen LogP contribution is 2.38. The number of urea groups is 1. The molecule has 2 amide bonds. The van der Waals surface area contributed by atoms with Gasteiger partial charge >= 0.3 is 16.4 Å². The number of rotatable bonds is 5. The smallest absolute Gasteiger partial charge is 0.418 e. The third kappa shape index (κ3) is 3.93. The normalized spacial score (nSPS) is 27.6. The average molecular weight is 401 g/mol. The van der Waals surface area contributed by atoms with Gasteiger partial charge in [-0.05, 0) is 44.7 Å². The zero-order valence-corrected chi connectivity index (χ0v) is 15.8. The monoisotopic (exact) mass is 401 g/mol. The van der Waals surface area contributed by atoms with E-state index in [4.69, 9.17) is 8.97 Å². The first-order chi connectivity index (χ1) is 12.8. The van der Waals surface area contributed by atoms with Crippen molar-refractivity contribution in [2.75, 3.05) is 19.6 Å². The molecule has 2 bridgehead atoms. The number of hydrogen-bond acceptors (Lipinski definition) is 8. The third-order valence-corrected chi connectivity index (χ3v) is 5.85. The van der Waals surface area contributed by atoms with Gasteiger partial charge in [0.05, 0.1) is 12.6 Å². The Labute approximate surface area is 157 Å². The number of hydrogen-bond donors (Lipinski definition) is 1. The van der Waals surface area contributed by atoms with E-state index in [1.165, 1.54) is 4.90 Å². The largest absolute Gasteiger partial charge is 0.422 e. The van der Waals surface area contributed by atoms with E-state index in [1.54, 1.807) is 0 Å². The van der Waals surface area contributed by atoms with Gasteiger partial charge in [0.15, 0.2) is 0 Å². The molecule has 11 nitrogen and oxygen atoms in total. The van der Waals surface area contributed by atoms with Crippen molar-refractivity contribution >= 4 is 16.4 Å². The molecule has 1 aromatic heterocycles. The van der Waals surface area contributed by atoms with Gasteiger partial charge in [0, 0.05) is 6.54 Å². The van der Waals surface area contributed by atoms with E-state index in [9.17, 15) is 13.2 Å². The maximum atomic E-state index is 12.5. The predicted molar refractivity (Wildman–Crippen MR) is 90.3 cm³/mol. The summed E-state index contributed by atoms with van der Waals surface area (Å²) in [4.78, 5) is 16.2. The Morgan fingerprint density at radius 2 is 1.96 bits per heavy atom. The number of carbonyl (C=O) groups is 1. The fourth-order valence-electron chi connectivity index (χ4n) is 3.96. The predicted octanol–water partition coefficient (Wildman–Crippen LogP) is 0.977. The molecule has 1 N–H and O–H groups in total. The number of carbonyl (C=O) groups excluding carboxylic acids is 1. The van der Waals surface area contributed by atoms with Crippen molar-refractivity contribution in [3.05, 3.63) is 11.8 Å². The van der Waals surface area contributed by atoms with Crippen LogP contribution < -0.4 is 0 Å². The van der Waals surface area contributed by atoms with Gasteiger partial charge in [-0.3, -0.25) is 9.45 Å². The van der Waals surface area contributed by atoms with Crippen LogP contribution in [0.3, 0.4) is 0 Å². The highest BCUT2D eigenvalue weighted by atomic mass is 32.3. The highest BCUT2D eigenvalue weighted by molar-refractivity contribution is 7.80. The summed E-state index contributed by atoms with van der Waals surface area (Å²) < 4.78 is 41.0. The Kier molecular flexibility index (Phi) is 4.82. The number of piperidine rings is 2. The summed E-state index contributed by atoms with van der Waals surface area (Å²) in [6, 6.07) is -1.50. The topological polar surface area (TPSA) is 129 Å². The highest BCUT2D eigenvalue weighted by Gasteiger charge is 2.49. The van der Waals surface area contributed by atoms with Gasteiger partial charge in [0.2, 0.25) is 11.8 Å². The van der Waals surface area contributed by atoms with Crippen molar-refractivity contribution in [2.24, 2.45) is 5.92 Å². The van der Waals surface area contributed by atoms with Gasteiger partial charge in [-0.15, -0.1) is 14.5 Å². The van der Waals surface area contributed by atoms with Gasteiger partial charge in [-0.1, -0.05) is 6.92 Å². The molecule has 12 heteroatoms. The van der Waals surface area contributed by atoms with Gasteiger partial charge < -0.3 is 9.32 Å². The Morgan fingerprint density at radius 3 is 2.67 bits per heavy atom. The van der Waals surface area contributed by atoms with Crippen LogP contribution in [0.4, 0.5) is 4.79 Å². The molecule has 0 aromatic carbocycles. The van der Waals surface area contributed by atoms with E-state index >= 15 is 0 Å². The molecule has 4 heterocycles. The minimum Gasteiger partial charge on any atom is -0.422 e. The lowest BCUT2D eigenvalue weighted by Gasteiger charge is -2.29. The summed E-state index contributed by atoms with van der Waals surface area (Å²) in [6.45, 7) is 5.11. The number of fused-ring (bicyclic) bond motifs is 2. The molecule has 3 fully saturated rings. The minimum absolute atomic E-state index is 0.279. The summed E-state index contributed by atoms with van der Waals surface area (Å²) in [5.41, 5.74) is 0. The lowest BCUT2D eigenvalue weighted by molar-refractivity contribution is -0.0317. The van der Waals surface area contributed by atoms with Gasteiger partial charge in [0.25, 0.3) is 0 Å². The molecule has 0 radical (unpaired) electrons. The maximum absolute atomic E-state index is 12.5. The van der Waals surface area contributed by atoms with Crippen LogP contribution in [-0.2, 0) is 21.2 Å². The molecule has 0 saturated carbocycles. The van der Waals surface area contributed by atoms with Crippen molar-refractivity contribution in [1.82, 2.24) is 25.1 Å². The Hall–Kier alpha value is -1.76. The molecule has 2 atom stereocenters. The summed E-state index contributed by atoms with van der Waals surface area (Å²) in [5.74, 6) is 1.60. The fourth-order valence-corrected chi connectivity index (χ4v) is 4.35. The number of hydroxylamine groups is 2. The summed E-state index contributed by atoms with van der Waals surface area (Å²) in [5, 5.41) is 8.93. The van der Waals surface area contributed by atoms with Crippen molar-refractivity contribution in [2.45, 2.75) is 51.2 Å². The molecule has 3 aliphatic rings. The van der Waals surface area contributed by atoms with E-state index in [0.29, 0.717) is 36.2 Å². The number of likely N-dealkylation sites (tertiary alicyclic amines) is 1. The molecule has 1 aromatic rings. The molecule has 0 unspecified atom stereocenters. The van der Waals surface area contributed by atoms with Crippen molar-refractivity contribution < 1.29 is 26.5 Å². The van der Waals surface area contributed by atoms with Crippen LogP contribution in [0.25, 0.3) is 0 Å². The first-order valence-corrected chi connectivity index (χ1v) is 10.5. The Morgan fingerprint density at radius 1 is 1.22 bits per heavy atom. The van der Waals surface area contributed by atoms with Gasteiger partial charge in [-0.2, -0.15) is 13.5 Å². The molecule has 3 aliphatic heterocycles. The quantitative estimate of drug-likeness (QED) is 0.717. The molecular formula is C15H23N5O6S. The molecular weight excluding hydrogens is 378 g/mol. The first-order valence-electron chi connectivity index (χ1n) is 9.11. The van der Waals surface area contributed by atoms with Crippen molar-refractivity contribution in [3.63, 3.8) is 0 Å². The van der Waals surface area contributed by atoms with Crippen LogP contribution in [0.2, 0.25) is 0 Å². The van der Waals surface area contributed by atoms with Crippen molar-refractivity contribution in [3.8, 4) is 0 Å². The lowest BCUT2D eigenvalue weighted by atomic mass is 9.99. The summed E-state index contributed by atoms with van der Waals surface area (Å²) >= 11 is 0. The van der Waals surface area contributed by atoms with Crippen LogP contribution in [-0.4, -0.2) is 69.7 Å². The van der Waals surface area contributed by atoms with Gasteiger partial charge in [-0.25, -0.2) is 4.79 Å². The van der Waals surface area contributed by atoms with Crippen LogP contribution in [0.1, 0.15) is 50.4 Å². The van der Waals surface area contributed by atoms with E-state index in [1.807, 2.05) is 0 Å². The summed E-state index contributed by atoms with van der Waals surface area (Å²) in [7, 11) is -4.76. The van der Waals surface area contributed by atoms with Crippen LogP contribution in [0.15, 0.2) is 4.42 Å². The molecule has 0 spiro atoms. The average Bonchev–Trinajstić information content (AvgIpc) is 3.16. The third-order valence-electron chi connectivity index (χ3n) is 5.50. The zero-order valence-electron chi connectivity index (χ0n) is 15.0. The minimum atomic E-state index is -4.76. The van der Waals surface area contributed by atoms with E-state index in [2.05, 4.69) is 26.3 Å². The molecule has 4 rings (SSSR count). The summed E-state index contributed by atoms with van der Waals surface area (Å²) in [6.07, 6.45) is 3.35. The Bertz CT molecular complexity index is 805. The molecule has 27 heavy (non-hydrogen) atoms. The second-order valence-electron chi connectivity index (χ2n) is 7.50. The van der Waals surface area contributed by atoms with E-state index in [0.717, 1.165) is 31.8 Å². The Balaban J connectivity index is 1.43. The van der Waals surface area contributed by atoms with E-state index in [-0.39, 0.29) is 6.54 Å². The molecule has 0 aliphatic carbocycles. The van der Waals surface area contributed by atoms with Crippen LogP contribution in [0.5, 0.6) is 0 Å². The SMILES string of the molecule is CC1CCN(Cc2nnc([C@@H]3CC[C@@H]4CN3C(=O)N4OS(=O)(=O)O)o2)CC1. The number of amides is 2. The van der Waals surface area contributed by atoms with Crippen LogP contribution >= 0.6 is 0 Å². The second kappa shape index (κ2) is 7.00. The first kappa shape index (κ1) is 18.6. The number of aromatic nitrogens is 2. The van der Waals surface area contributed by atoms with Crippen LogP contribution in [0, 0.1) is 5.92 Å². The zero-order chi connectivity index (χ0) is 19.2. The lowest BCUT2D eigenvalue weighted by Crippen LogP contribution is -2.35. The van der Waals surface area contributed by atoms with Gasteiger partial charge in [0.1, 0.15) is 6.04 Å². The van der Waals surface area contributed by atoms with E-state index < -0.39 is 28.5 Å². The number of nitrogens with zero attached hydrogens (tertiary/aromatic N) is 5.